The second-order valence-electron chi connectivity index (χ2n) is 5.69. The summed E-state index contributed by atoms with van der Waals surface area (Å²) in [7, 11) is 1.69. The number of hydrogen-bond donors (Lipinski definition) is 0. The van der Waals surface area contributed by atoms with Gasteiger partial charge >= 0.3 is 0 Å². The summed E-state index contributed by atoms with van der Waals surface area (Å²) in [5, 5.41) is 0. The van der Waals surface area contributed by atoms with Crippen LogP contribution in [0.1, 0.15) is 23.2 Å². The predicted molar refractivity (Wildman–Crippen MR) is 87.8 cm³/mol. The second kappa shape index (κ2) is 6.75. The molecule has 2 aromatic rings. The maximum Gasteiger partial charge on any atom is 0.254 e. The molecular weight excluding hydrogens is 274 g/mol. The third-order valence-corrected chi connectivity index (χ3v) is 4.24. The largest absolute Gasteiger partial charge is 0.383 e. The fourth-order valence-corrected chi connectivity index (χ4v) is 3.07. The summed E-state index contributed by atoms with van der Waals surface area (Å²) in [5.41, 5.74) is 3.05. The Hall–Kier alpha value is -2.13. The molecular formula is C19H21NO2. The third-order valence-electron chi connectivity index (χ3n) is 4.24. The van der Waals surface area contributed by atoms with Crippen LogP contribution in [0.25, 0.3) is 11.1 Å². The summed E-state index contributed by atoms with van der Waals surface area (Å²) in [4.78, 5) is 14.6. The summed E-state index contributed by atoms with van der Waals surface area (Å²) >= 11 is 0. The Morgan fingerprint density at radius 2 is 1.77 bits per heavy atom. The van der Waals surface area contributed by atoms with Crippen molar-refractivity contribution in [3.8, 4) is 11.1 Å². The molecule has 0 aromatic heterocycles. The normalized spacial score (nSPS) is 17.7. The van der Waals surface area contributed by atoms with Gasteiger partial charge in [-0.15, -0.1) is 0 Å². The molecule has 3 heteroatoms. The Morgan fingerprint density at radius 1 is 1.09 bits per heavy atom. The standard InChI is InChI=1S/C19H21NO2/c1-22-14-18-8-5-13-20(18)19(21)17-11-9-16(10-12-17)15-6-3-2-4-7-15/h2-4,6-7,9-12,18H,5,8,13-14H2,1H3. The molecule has 1 aliphatic rings. The number of carbonyl (C=O) groups excluding carboxylic acids is 1. The van der Waals surface area contributed by atoms with E-state index < -0.39 is 0 Å². The summed E-state index contributed by atoms with van der Waals surface area (Å²) in [5.74, 6) is 0.110. The lowest BCUT2D eigenvalue weighted by atomic mass is 10.0. The number of carbonyl (C=O) groups is 1. The fourth-order valence-electron chi connectivity index (χ4n) is 3.07. The summed E-state index contributed by atoms with van der Waals surface area (Å²) < 4.78 is 5.23. The van der Waals surface area contributed by atoms with Gasteiger partial charge in [-0.25, -0.2) is 0 Å². The number of benzene rings is 2. The topological polar surface area (TPSA) is 29.5 Å². The van der Waals surface area contributed by atoms with Gasteiger partial charge in [-0.3, -0.25) is 4.79 Å². The van der Waals surface area contributed by atoms with Gasteiger partial charge in [0.1, 0.15) is 0 Å². The Morgan fingerprint density at radius 3 is 2.45 bits per heavy atom. The van der Waals surface area contributed by atoms with Crippen molar-refractivity contribution in [3.63, 3.8) is 0 Å². The predicted octanol–water partition coefficient (Wildman–Crippen LogP) is 3.60. The maximum atomic E-state index is 12.7. The van der Waals surface area contributed by atoms with E-state index in [2.05, 4.69) is 12.1 Å². The highest BCUT2D eigenvalue weighted by Gasteiger charge is 2.29. The van der Waals surface area contributed by atoms with E-state index in [9.17, 15) is 4.79 Å². The van der Waals surface area contributed by atoms with E-state index >= 15 is 0 Å². The molecule has 1 fully saturated rings. The second-order valence-corrected chi connectivity index (χ2v) is 5.69. The Balaban J connectivity index is 1.76. The van der Waals surface area contributed by atoms with Crippen molar-refractivity contribution in [1.29, 1.82) is 0 Å². The van der Waals surface area contributed by atoms with E-state index in [-0.39, 0.29) is 11.9 Å². The molecule has 3 nitrogen and oxygen atoms in total. The van der Waals surface area contributed by atoms with E-state index in [1.807, 2.05) is 47.4 Å². The molecule has 3 rings (SSSR count). The zero-order chi connectivity index (χ0) is 15.4. The number of ether oxygens (including phenoxy) is 1. The van der Waals surface area contributed by atoms with Gasteiger partial charge in [0, 0.05) is 19.2 Å². The zero-order valence-corrected chi connectivity index (χ0v) is 12.9. The first-order valence-corrected chi connectivity index (χ1v) is 7.75. The quantitative estimate of drug-likeness (QED) is 0.862. The van der Waals surface area contributed by atoms with Crippen LogP contribution in [-0.4, -0.2) is 37.1 Å². The highest BCUT2D eigenvalue weighted by Crippen LogP contribution is 2.23. The van der Waals surface area contributed by atoms with Crippen molar-refractivity contribution in [2.45, 2.75) is 18.9 Å². The van der Waals surface area contributed by atoms with E-state index in [1.54, 1.807) is 7.11 Å². The molecule has 22 heavy (non-hydrogen) atoms. The van der Waals surface area contributed by atoms with Crippen molar-refractivity contribution >= 4 is 5.91 Å². The highest BCUT2D eigenvalue weighted by molar-refractivity contribution is 5.95. The molecule has 1 amide bonds. The van der Waals surface area contributed by atoms with Crippen molar-refractivity contribution in [2.75, 3.05) is 20.3 Å². The van der Waals surface area contributed by atoms with Gasteiger partial charge in [0.05, 0.1) is 12.6 Å². The molecule has 0 bridgehead atoms. The van der Waals surface area contributed by atoms with Gasteiger partial charge in [-0.1, -0.05) is 42.5 Å². The number of amides is 1. The van der Waals surface area contributed by atoms with Gasteiger partial charge in [0.2, 0.25) is 0 Å². The molecule has 1 aliphatic heterocycles. The molecule has 114 valence electrons. The van der Waals surface area contributed by atoms with E-state index in [4.69, 9.17) is 4.74 Å². The van der Waals surface area contributed by atoms with E-state index in [0.717, 1.165) is 30.5 Å². The Bertz CT molecular complexity index is 622. The number of nitrogens with zero attached hydrogens (tertiary/aromatic N) is 1. The van der Waals surface area contributed by atoms with Crippen molar-refractivity contribution < 1.29 is 9.53 Å². The van der Waals surface area contributed by atoms with Crippen LogP contribution >= 0.6 is 0 Å². The van der Waals surface area contributed by atoms with Crippen LogP contribution < -0.4 is 0 Å². The monoisotopic (exact) mass is 295 g/mol. The fraction of sp³-hybridized carbons (Fsp3) is 0.316. The number of hydrogen-bond acceptors (Lipinski definition) is 2. The van der Waals surface area contributed by atoms with Crippen molar-refractivity contribution in [3.05, 3.63) is 60.2 Å². The molecule has 1 saturated heterocycles. The molecule has 0 aliphatic carbocycles. The summed E-state index contributed by atoms with van der Waals surface area (Å²) in [6, 6.07) is 18.3. The minimum atomic E-state index is 0.110. The average molecular weight is 295 g/mol. The third kappa shape index (κ3) is 3.04. The van der Waals surface area contributed by atoms with Crippen LogP contribution in [0.2, 0.25) is 0 Å². The molecule has 1 heterocycles. The first kappa shape index (κ1) is 14.8. The van der Waals surface area contributed by atoms with Gasteiger partial charge in [0.15, 0.2) is 0 Å². The smallest absolute Gasteiger partial charge is 0.254 e. The minimum absolute atomic E-state index is 0.110. The van der Waals surface area contributed by atoms with E-state index in [1.165, 1.54) is 5.56 Å². The molecule has 0 radical (unpaired) electrons. The average Bonchev–Trinajstić information content (AvgIpc) is 3.04. The van der Waals surface area contributed by atoms with Crippen LogP contribution in [-0.2, 0) is 4.74 Å². The number of methoxy groups -OCH3 is 1. The van der Waals surface area contributed by atoms with Crippen molar-refractivity contribution in [2.24, 2.45) is 0 Å². The van der Waals surface area contributed by atoms with Gasteiger partial charge < -0.3 is 9.64 Å². The molecule has 2 aromatic carbocycles. The minimum Gasteiger partial charge on any atom is -0.383 e. The van der Waals surface area contributed by atoms with Gasteiger partial charge in [-0.2, -0.15) is 0 Å². The molecule has 1 atom stereocenters. The molecule has 0 N–H and O–H groups in total. The zero-order valence-electron chi connectivity index (χ0n) is 12.9. The SMILES string of the molecule is COCC1CCCN1C(=O)c1ccc(-c2ccccc2)cc1. The molecule has 1 unspecified atom stereocenters. The van der Waals surface area contributed by atoms with Gasteiger partial charge in [0.25, 0.3) is 5.91 Å². The lowest BCUT2D eigenvalue weighted by molar-refractivity contribution is 0.0630. The van der Waals surface area contributed by atoms with Crippen LogP contribution in [0.3, 0.4) is 0 Å². The summed E-state index contributed by atoms with van der Waals surface area (Å²) in [6.45, 7) is 1.45. The van der Waals surface area contributed by atoms with Crippen LogP contribution in [0.15, 0.2) is 54.6 Å². The van der Waals surface area contributed by atoms with E-state index in [0.29, 0.717) is 6.61 Å². The number of rotatable bonds is 4. The lowest BCUT2D eigenvalue weighted by Gasteiger charge is -2.24. The maximum absolute atomic E-state index is 12.7. The Labute approximate surface area is 131 Å². The Kier molecular flexibility index (Phi) is 4.54. The van der Waals surface area contributed by atoms with Crippen LogP contribution in [0, 0.1) is 0 Å². The van der Waals surface area contributed by atoms with Crippen molar-refractivity contribution in [1.82, 2.24) is 4.90 Å². The van der Waals surface area contributed by atoms with Crippen LogP contribution in [0.5, 0.6) is 0 Å². The first-order valence-electron chi connectivity index (χ1n) is 7.75. The molecule has 0 saturated carbocycles. The number of likely N-dealkylation sites (tertiary alicyclic amines) is 1. The van der Waals surface area contributed by atoms with Crippen LogP contribution in [0.4, 0.5) is 0 Å². The van der Waals surface area contributed by atoms with Gasteiger partial charge in [-0.05, 0) is 36.1 Å². The highest BCUT2D eigenvalue weighted by atomic mass is 16.5. The first-order chi connectivity index (χ1) is 10.8. The molecule has 0 spiro atoms. The lowest BCUT2D eigenvalue weighted by Crippen LogP contribution is -2.38. The summed E-state index contributed by atoms with van der Waals surface area (Å²) in [6.07, 6.45) is 2.09.